The van der Waals surface area contributed by atoms with Crippen molar-refractivity contribution in [1.82, 2.24) is 9.03 Å². The summed E-state index contributed by atoms with van der Waals surface area (Å²) in [5, 5.41) is 0. The van der Waals surface area contributed by atoms with Gasteiger partial charge in [0.1, 0.15) is 6.54 Å². The predicted molar refractivity (Wildman–Crippen MR) is 51.9 cm³/mol. The molecule has 0 saturated heterocycles. The molecule has 0 atom stereocenters. The van der Waals surface area contributed by atoms with Crippen LogP contribution in [-0.4, -0.2) is 45.9 Å². The number of nitrogens with zero attached hydrogens (tertiary/aromatic N) is 1. The van der Waals surface area contributed by atoms with Crippen molar-refractivity contribution in [2.24, 2.45) is 0 Å². The van der Waals surface area contributed by atoms with Crippen LogP contribution in [0.25, 0.3) is 0 Å². The fourth-order valence-corrected chi connectivity index (χ4v) is 1.83. The fourth-order valence-electron chi connectivity index (χ4n) is 0.871. The van der Waals surface area contributed by atoms with Gasteiger partial charge in [-0.1, -0.05) is 6.92 Å². The molecule has 0 aliphatic heterocycles. The lowest BCUT2D eigenvalue weighted by atomic mass is 10.5. The monoisotopic (exact) mass is 224 g/mol. The van der Waals surface area contributed by atoms with E-state index in [1.165, 1.54) is 14.2 Å². The summed E-state index contributed by atoms with van der Waals surface area (Å²) in [6, 6.07) is 0. The molecule has 0 aromatic rings. The van der Waals surface area contributed by atoms with Crippen molar-refractivity contribution < 1.29 is 17.9 Å². The van der Waals surface area contributed by atoms with Gasteiger partial charge in [-0.05, 0) is 6.42 Å². The van der Waals surface area contributed by atoms with E-state index in [9.17, 15) is 13.2 Å². The van der Waals surface area contributed by atoms with Crippen LogP contribution >= 0.6 is 0 Å². The molecule has 1 N–H and O–H groups in total. The number of methoxy groups -OCH3 is 1. The van der Waals surface area contributed by atoms with E-state index >= 15 is 0 Å². The van der Waals surface area contributed by atoms with Crippen LogP contribution in [0.5, 0.6) is 0 Å². The highest BCUT2D eigenvalue weighted by molar-refractivity contribution is 7.87. The van der Waals surface area contributed by atoms with Crippen molar-refractivity contribution in [2.75, 3.05) is 27.2 Å². The zero-order chi connectivity index (χ0) is 11.2. The Bertz CT molecular complexity index is 275. The zero-order valence-corrected chi connectivity index (χ0v) is 9.43. The van der Waals surface area contributed by atoms with Crippen LogP contribution < -0.4 is 4.72 Å². The maximum Gasteiger partial charge on any atom is 0.321 e. The molecule has 0 bridgehead atoms. The minimum atomic E-state index is -3.55. The molecule has 0 fully saturated rings. The molecule has 0 amide bonds. The van der Waals surface area contributed by atoms with Crippen molar-refractivity contribution in [3.63, 3.8) is 0 Å². The molecule has 0 radical (unpaired) electrons. The summed E-state index contributed by atoms with van der Waals surface area (Å²) in [5.41, 5.74) is 0. The van der Waals surface area contributed by atoms with E-state index in [1.54, 1.807) is 0 Å². The lowest BCUT2D eigenvalue weighted by Gasteiger charge is -2.18. The molecule has 14 heavy (non-hydrogen) atoms. The first kappa shape index (κ1) is 13.3. The van der Waals surface area contributed by atoms with Crippen molar-refractivity contribution in [1.29, 1.82) is 0 Å². The normalized spacial score (nSPS) is 11.7. The lowest BCUT2D eigenvalue weighted by Crippen LogP contribution is -2.42. The summed E-state index contributed by atoms with van der Waals surface area (Å²) in [5.74, 6) is -0.572. The second kappa shape index (κ2) is 5.94. The van der Waals surface area contributed by atoms with Crippen molar-refractivity contribution >= 4 is 16.2 Å². The number of carbonyl (C=O) groups excluding carboxylic acids is 1. The number of ether oxygens (including phenoxy) is 1. The standard InChI is InChI=1S/C7H16N2O4S/c1-4-5-9(6-7(10)13-3)14(11,12)8-2/h8H,4-6H2,1-3H3. The smallest absolute Gasteiger partial charge is 0.321 e. The second-order valence-electron chi connectivity index (χ2n) is 2.62. The number of esters is 1. The van der Waals surface area contributed by atoms with Gasteiger partial charge in [-0.25, -0.2) is 4.72 Å². The van der Waals surface area contributed by atoms with Gasteiger partial charge in [0.2, 0.25) is 0 Å². The molecular formula is C7H16N2O4S. The molecule has 84 valence electrons. The fraction of sp³-hybridized carbons (Fsp3) is 0.857. The molecule has 7 heteroatoms. The predicted octanol–water partition coefficient (Wildman–Crippen LogP) is -0.664. The highest BCUT2D eigenvalue weighted by Crippen LogP contribution is 1.99. The van der Waals surface area contributed by atoms with Crippen LogP contribution in [0.1, 0.15) is 13.3 Å². The molecule has 0 saturated carbocycles. The average molecular weight is 224 g/mol. The van der Waals surface area contributed by atoms with Gasteiger partial charge in [0.05, 0.1) is 7.11 Å². The molecule has 0 unspecified atom stereocenters. The van der Waals surface area contributed by atoms with Crippen LogP contribution in [0.2, 0.25) is 0 Å². The van der Waals surface area contributed by atoms with Gasteiger partial charge in [0, 0.05) is 13.6 Å². The van der Waals surface area contributed by atoms with Crippen molar-refractivity contribution in [2.45, 2.75) is 13.3 Å². The highest BCUT2D eigenvalue weighted by atomic mass is 32.2. The Morgan fingerprint density at radius 1 is 1.50 bits per heavy atom. The van der Waals surface area contributed by atoms with E-state index in [4.69, 9.17) is 0 Å². The first-order chi connectivity index (χ1) is 6.47. The molecule has 0 aliphatic carbocycles. The Morgan fingerprint density at radius 3 is 2.43 bits per heavy atom. The summed E-state index contributed by atoms with van der Waals surface area (Å²) in [4.78, 5) is 10.9. The number of hydrogen-bond acceptors (Lipinski definition) is 4. The van der Waals surface area contributed by atoms with Crippen LogP contribution in [-0.2, 0) is 19.7 Å². The second-order valence-corrected chi connectivity index (χ2v) is 4.49. The number of nitrogens with one attached hydrogen (secondary N) is 1. The van der Waals surface area contributed by atoms with Crippen LogP contribution in [0.4, 0.5) is 0 Å². The van der Waals surface area contributed by atoms with E-state index < -0.39 is 16.2 Å². The van der Waals surface area contributed by atoms with Crippen LogP contribution in [0.3, 0.4) is 0 Å². The van der Waals surface area contributed by atoms with Gasteiger partial charge < -0.3 is 4.74 Å². The number of hydrogen-bond donors (Lipinski definition) is 1. The van der Waals surface area contributed by atoms with E-state index in [1.807, 2.05) is 6.92 Å². The van der Waals surface area contributed by atoms with E-state index in [0.29, 0.717) is 6.42 Å². The first-order valence-electron chi connectivity index (χ1n) is 4.23. The van der Waals surface area contributed by atoms with Gasteiger partial charge in [0.25, 0.3) is 10.2 Å². The summed E-state index contributed by atoms with van der Waals surface area (Å²) in [7, 11) is -1.02. The zero-order valence-electron chi connectivity index (χ0n) is 8.61. The SMILES string of the molecule is CCCN(CC(=O)OC)S(=O)(=O)NC. The Hall–Kier alpha value is -0.660. The Labute approximate surface area is 84.4 Å². The minimum Gasteiger partial charge on any atom is -0.468 e. The summed E-state index contributed by atoms with van der Waals surface area (Å²) in [6.45, 7) is 1.86. The average Bonchev–Trinajstić information content (AvgIpc) is 2.17. The van der Waals surface area contributed by atoms with Gasteiger partial charge >= 0.3 is 5.97 Å². The maximum absolute atomic E-state index is 11.3. The summed E-state index contributed by atoms with van der Waals surface area (Å²) < 4.78 is 30.3. The highest BCUT2D eigenvalue weighted by Gasteiger charge is 2.21. The third kappa shape index (κ3) is 4.03. The maximum atomic E-state index is 11.3. The van der Waals surface area contributed by atoms with Crippen molar-refractivity contribution in [3.05, 3.63) is 0 Å². The lowest BCUT2D eigenvalue weighted by molar-refractivity contribution is -0.140. The van der Waals surface area contributed by atoms with Gasteiger partial charge in [-0.2, -0.15) is 12.7 Å². The molecular weight excluding hydrogens is 208 g/mol. The molecule has 0 heterocycles. The quantitative estimate of drug-likeness (QED) is 0.607. The third-order valence-electron chi connectivity index (χ3n) is 1.60. The van der Waals surface area contributed by atoms with Gasteiger partial charge in [-0.3, -0.25) is 4.79 Å². The minimum absolute atomic E-state index is 0.256. The van der Waals surface area contributed by atoms with E-state index in [0.717, 1.165) is 4.31 Å². The van der Waals surface area contributed by atoms with Gasteiger partial charge in [0.15, 0.2) is 0 Å². The topological polar surface area (TPSA) is 75.7 Å². The molecule has 0 aliphatic rings. The Morgan fingerprint density at radius 2 is 2.07 bits per heavy atom. The molecule has 0 aromatic heterocycles. The van der Waals surface area contributed by atoms with Crippen LogP contribution in [0.15, 0.2) is 0 Å². The first-order valence-corrected chi connectivity index (χ1v) is 5.67. The van der Waals surface area contributed by atoms with Crippen molar-refractivity contribution in [3.8, 4) is 0 Å². The van der Waals surface area contributed by atoms with Crippen LogP contribution in [0, 0.1) is 0 Å². The largest absolute Gasteiger partial charge is 0.468 e. The Balaban J connectivity index is 4.52. The molecule has 0 aromatic carbocycles. The van der Waals surface area contributed by atoms with E-state index in [-0.39, 0.29) is 13.1 Å². The Kier molecular flexibility index (Phi) is 5.66. The number of rotatable bonds is 6. The summed E-state index contributed by atoms with van der Waals surface area (Å²) >= 11 is 0. The van der Waals surface area contributed by atoms with Gasteiger partial charge in [-0.15, -0.1) is 0 Å². The van der Waals surface area contributed by atoms with E-state index in [2.05, 4.69) is 9.46 Å². The number of carbonyl (C=O) groups is 1. The summed E-state index contributed by atoms with van der Waals surface area (Å²) in [6.07, 6.45) is 0.637. The molecule has 0 spiro atoms. The molecule has 0 rings (SSSR count). The molecule has 6 nitrogen and oxygen atoms in total. The third-order valence-corrected chi connectivity index (χ3v) is 3.11.